The lowest BCUT2D eigenvalue weighted by atomic mass is 9.88. The maximum absolute atomic E-state index is 11.9. The predicted octanol–water partition coefficient (Wildman–Crippen LogP) is 2.81. The molecule has 2 rings (SSSR count). The lowest BCUT2D eigenvalue weighted by molar-refractivity contribution is -0.142. The van der Waals surface area contributed by atoms with E-state index in [1.54, 1.807) is 6.92 Å². The fraction of sp³-hybridized carbons (Fsp3) is 0.533. The summed E-state index contributed by atoms with van der Waals surface area (Å²) in [6.45, 7) is 1.94. The van der Waals surface area contributed by atoms with Gasteiger partial charge in [0.05, 0.1) is 12.5 Å². The van der Waals surface area contributed by atoms with Gasteiger partial charge in [-0.2, -0.15) is 4.89 Å². The van der Waals surface area contributed by atoms with Gasteiger partial charge in [0, 0.05) is 12.3 Å². The second kappa shape index (κ2) is 6.65. The minimum Gasteiger partial charge on any atom is -0.481 e. The van der Waals surface area contributed by atoms with Crippen molar-refractivity contribution in [3.05, 3.63) is 35.9 Å². The zero-order chi connectivity index (χ0) is 15.5. The molecular formula is C15H20O5P+. The van der Waals surface area contributed by atoms with Gasteiger partial charge in [-0.15, -0.1) is 0 Å². The Hall–Kier alpha value is -1.29. The number of carbonyl (C=O) groups is 1. The molecule has 6 heteroatoms. The van der Waals surface area contributed by atoms with Crippen molar-refractivity contribution >= 4 is 14.0 Å². The van der Waals surface area contributed by atoms with E-state index in [0.717, 1.165) is 5.56 Å². The van der Waals surface area contributed by atoms with E-state index in [2.05, 4.69) is 0 Å². The summed E-state index contributed by atoms with van der Waals surface area (Å²) in [5, 5.41) is 7.84. The minimum absolute atomic E-state index is 0.0610. The molecule has 0 aliphatic carbocycles. The highest BCUT2D eigenvalue weighted by Crippen LogP contribution is 2.52. The van der Waals surface area contributed by atoms with E-state index in [1.165, 1.54) is 0 Å². The molecule has 1 fully saturated rings. The molecule has 1 heterocycles. The Labute approximate surface area is 124 Å². The quantitative estimate of drug-likeness (QED) is 0.789. The van der Waals surface area contributed by atoms with E-state index in [0.29, 0.717) is 19.4 Å². The number of benzene rings is 1. The van der Waals surface area contributed by atoms with Crippen LogP contribution in [-0.4, -0.2) is 27.9 Å². The van der Waals surface area contributed by atoms with Crippen molar-refractivity contribution in [3.63, 3.8) is 0 Å². The van der Waals surface area contributed by atoms with Crippen LogP contribution in [0.1, 0.15) is 25.3 Å². The largest absolute Gasteiger partial charge is 0.541 e. The van der Waals surface area contributed by atoms with Crippen molar-refractivity contribution < 1.29 is 24.1 Å². The number of aliphatic carboxylic acids is 1. The predicted molar refractivity (Wildman–Crippen MR) is 78.2 cm³/mol. The van der Waals surface area contributed by atoms with E-state index in [1.807, 2.05) is 30.3 Å². The molecule has 2 N–H and O–H groups in total. The Kier molecular flexibility index (Phi) is 5.09. The maximum Gasteiger partial charge on any atom is 0.541 e. The molecular weight excluding hydrogens is 291 g/mol. The molecule has 114 valence electrons. The first-order chi connectivity index (χ1) is 9.95. The van der Waals surface area contributed by atoms with Gasteiger partial charge in [-0.1, -0.05) is 37.3 Å². The average molecular weight is 311 g/mol. The van der Waals surface area contributed by atoms with Crippen LogP contribution in [0.3, 0.4) is 0 Å². The van der Waals surface area contributed by atoms with Crippen molar-refractivity contribution in [2.75, 3.05) is 6.61 Å². The number of hydrogen-bond donors (Lipinski definition) is 2. The highest BCUT2D eigenvalue weighted by Gasteiger charge is 2.60. The van der Waals surface area contributed by atoms with Crippen molar-refractivity contribution in [2.24, 2.45) is 11.8 Å². The van der Waals surface area contributed by atoms with Crippen molar-refractivity contribution in [3.8, 4) is 0 Å². The van der Waals surface area contributed by atoms with E-state index in [4.69, 9.17) is 9.84 Å². The van der Waals surface area contributed by atoms with Crippen LogP contribution in [0.5, 0.6) is 0 Å². The van der Waals surface area contributed by atoms with Gasteiger partial charge < -0.3 is 9.84 Å². The zero-order valence-corrected chi connectivity index (χ0v) is 12.8. The first kappa shape index (κ1) is 16.1. The Bertz CT molecular complexity index is 518. The van der Waals surface area contributed by atoms with Crippen LogP contribution in [0.15, 0.2) is 30.3 Å². The van der Waals surface area contributed by atoms with Crippen LogP contribution >= 0.6 is 8.03 Å². The normalized spacial score (nSPS) is 27.3. The van der Waals surface area contributed by atoms with Gasteiger partial charge in [0.15, 0.2) is 0 Å². The van der Waals surface area contributed by atoms with Gasteiger partial charge in [-0.05, 0) is 23.0 Å². The number of carboxylic acid groups (broad SMARTS) is 1. The SMILES string of the molecule is CC(CC1([P+](=O)O)OCCC1Cc1ccccc1)C(=O)O. The molecule has 21 heavy (non-hydrogen) atoms. The Morgan fingerprint density at radius 1 is 1.48 bits per heavy atom. The van der Waals surface area contributed by atoms with Crippen LogP contribution in [0.25, 0.3) is 0 Å². The fourth-order valence-corrected chi connectivity index (χ4v) is 4.09. The number of ether oxygens (including phenoxy) is 1. The topological polar surface area (TPSA) is 83.8 Å². The van der Waals surface area contributed by atoms with Gasteiger partial charge >= 0.3 is 19.3 Å². The summed E-state index contributed by atoms with van der Waals surface area (Å²) in [7, 11) is -2.61. The van der Waals surface area contributed by atoms with Crippen LogP contribution in [0.4, 0.5) is 0 Å². The number of carboxylic acids is 1. The standard InChI is InChI=1S/C15H19O5P/c1-11(14(16)17)10-15(21(18)19)13(7-8-20-15)9-12-5-3-2-4-6-12/h2-6,11,13H,7-10H2,1H3,(H-,16,17,18,19)/p+1. The molecule has 4 atom stereocenters. The molecule has 1 aliphatic heterocycles. The third kappa shape index (κ3) is 3.49. The van der Waals surface area contributed by atoms with Crippen molar-refractivity contribution in [1.29, 1.82) is 0 Å². The molecule has 0 amide bonds. The summed E-state index contributed by atoms with van der Waals surface area (Å²) in [6, 6.07) is 9.69. The first-order valence-corrected chi connectivity index (χ1v) is 8.24. The molecule has 1 aromatic rings. The average Bonchev–Trinajstić information content (AvgIpc) is 2.84. The molecule has 1 aromatic carbocycles. The molecule has 5 nitrogen and oxygen atoms in total. The molecule has 0 spiro atoms. The lowest BCUT2D eigenvalue weighted by Crippen LogP contribution is -2.36. The summed E-state index contributed by atoms with van der Waals surface area (Å²) in [5.74, 6) is -1.83. The molecule has 1 aliphatic rings. The van der Waals surface area contributed by atoms with Gasteiger partial charge in [0.2, 0.25) is 0 Å². The van der Waals surface area contributed by atoms with Crippen molar-refractivity contribution in [2.45, 2.75) is 31.5 Å². The van der Waals surface area contributed by atoms with Gasteiger partial charge in [0.1, 0.15) is 0 Å². The molecule has 0 saturated carbocycles. The molecule has 0 aromatic heterocycles. The van der Waals surface area contributed by atoms with Crippen LogP contribution < -0.4 is 0 Å². The zero-order valence-electron chi connectivity index (χ0n) is 11.9. The number of rotatable bonds is 6. The van der Waals surface area contributed by atoms with Crippen molar-refractivity contribution in [1.82, 2.24) is 0 Å². The summed E-state index contributed by atoms with van der Waals surface area (Å²) in [4.78, 5) is 20.9. The van der Waals surface area contributed by atoms with E-state index < -0.39 is 25.3 Å². The molecule has 0 bridgehead atoms. The molecule has 4 unspecified atom stereocenters. The van der Waals surface area contributed by atoms with Crippen LogP contribution in [-0.2, 0) is 20.5 Å². The van der Waals surface area contributed by atoms with Gasteiger partial charge in [-0.3, -0.25) is 4.79 Å². The third-order valence-electron chi connectivity index (χ3n) is 4.13. The second-order valence-electron chi connectivity index (χ2n) is 5.58. The first-order valence-electron chi connectivity index (χ1n) is 7.02. The highest BCUT2D eigenvalue weighted by molar-refractivity contribution is 7.39. The molecule has 1 saturated heterocycles. The van der Waals surface area contributed by atoms with Crippen LogP contribution in [0.2, 0.25) is 0 Å². The van der Waals surface area contributed by atoms with Gasteiger partial charge in [-0.25, -0.2) is 0 Å². The Balaban J connectivity index is 2.22. The van der Waals surface area contributed by atoms with Gasteiger partial charge in [0.25, 0.3) is 0 Å². The van der Waals surface area contributed by atoms with Crippen LogP contribution in [0, 0.1) is 11.8 Å². The molecule has 0 radical (unpaired) electrons. The summed E-state index contributed by atoms with van der Waals surface area (Å²) < 4.78 is 17.5. The summed E-state index contributed by atoms with van der Waals surface area (Å²) in [6.07, 6.45) is 1.35. The summed E-state index contributed by atoms with van der Waals surface area (Å²) in [5.41, 5.74) is 1.07. The third-order valence-corrected chi connectivity index (χ3v) is 5.45. The number of hydrogen-bond acceptors (Lipinski definition) is 3. The smallest absolute Gasteiger partial charge is 0.481 e. The van der Waals surface area contributed by atoms with E-state index in [-0.39, 0.29) is 12.3 Å². The fourth-order valence-electron chi connectivity index (χ4n) is 2.92. The van der Waals surface area contributed by atoms with E-state index >= 15 is 0 Å². The minimum atomic E-state index is -2.61. The monoisotopic (exact) mass is 311 g/mol. The Morgan fingerprint density at radius 2 is 2.14 bits per heavy atom. The highest BCUT2D eigenvalue weighted by atomic mass is 31.1. The van der Waals surface area contributed by atoms with E-state index in [9.17, 15) is 14.3 Å². The maximum atomic E-state index is 11.9. The Morgan fingerprint density at radius 3 is 2.71 bits per heavy atom. The lowest BCUT2D eigenvalue weighted by Gasteiger charge is -2.24. The second-order valence-corrected chi connectivity index (χ2v) is 6.89. The summed E-state index contributed by atoms with van der Waals surface area (Å²) >= 11 is 0.